The molecule has 0 saturated heterocycles. The number of benzene rings is 1. The lowest BCUT2D eigenvalue weighted by Crippen LogP contribution is -2.45. The van der Waals surface area contributed by atoms with Crippen LogP contribution in [-0.4, -0.2) is 53.0 Å². The first-order valence-electron chi connectivity index (χ1n) is 8.87. The van der Waals surface area contributed by atoms with Crippen molar-refractivity contribution in [2.75, 3.05) is 47.1 Å². The molecule has 0 amide bonds. The number of nitrogens with one attached hydrogen (secondary N) is 2. The molecule has 1 aliphatic carbocycles. The second-order valence-corrected chi connectivity index (χ2v) is 6.31. The van der Waals surface area contributed by atoms with E-state index in [1.807, 2.05) is 7.05 Å². The predicted molar refractivity (Wildman–Crippen MR) is 114 cm³/mol. The molecule has 1 aliphatic rings. The Balaban J connectivity index is 0.00000312. The molecule has 0 radical (unpaired) electrons. The van der Waals surface area contributed by atoms with E-state index in [-0.39, 0.29) is 29.4 Å². The Labute approximate surface area is 169 Å². The van der Waals surface area contributed by atoms with Gasteiger partial charge in [-0.05, 0) is 18.4 Å². The summed E-state index contributed by atoms with van der Waals surface area (Å²) in [5, 5.41) is 6.82. The molecular weight excluding hydrogens is 429 g/mol. The summed E-state index contributed by atoms with van der Waals surface area (Å²) in [6.45, 7) is 3.56. The van der Waals surface area contributed by atoms with E-state index >= 15 is 0 Å². The fourth-order valence-electron chi connectivity index (χ4n) is 3.37. The van der Waals surface area contributed by atoms with E-state index in [0.29, 0.717) is 19.8 Å². The molecule has 2 rings (SSSR count). The van der Waals surface area contributed by atoms with E-state index in [0.717, 1.165) is 19.0 Å². The molecule has 0 aliphatic heterocycles. The van der Waals surface area contributed by atoms with E-state index < -0.39 is 0 Å². The van der Waals surface area contributed by atoms with Gasteiger partial charge in [0.2, 0.25) is 0 Å². The number of rotatable bonds is 9. The molecule has 142 valence electrons. The molecule has 1 fully saturated rings. The van der Waals surface area contributed by atoms with Crippen LogP contribution in [0.15, 0.2) is 35.3 Å². The number of aliphatic imine (C=N–C) groups is 1. The van der Waals surface area contributed by atoms with Crippen molar-refractivity contribution >= 4 is 29.9 Å². The molecular formula is C19H32IN3O2. The predicted octanol–water partition coefficient (Wildman–Crippen LogP) is 2.94. The number of nitrogens with zero attached hydrogens (tertiary/aromatic N) is 1. The minimum absolute atomic E-state index is 0. The maximum absolute atomic E-state index is 5.47. The maximum Gasteiger partial charge on any atom is 0.191 e. The Morgan fingerprint density at radius 1 is 1.08 bits per heavy atom. The van der Waals surface area contributed by atoms with E-state index in [2.05, 4.69) is 46.0 Å². The van der Waals surface area contributed by atoms with Crippen LogP contribution >= 0.6 is 24.0 Å². The van der Waals surface area contributed by atoms with Gasteiger partial charge in [0.1, 0.15) is 0 Å². The van der Waals surface area contributed by atoms with E-state index in [4.69, 9.17) is 9.47 Å². The Bertz CT molecular complexity index is 491. The van der Waals surface area contributed by atoms with Gasteiger partial charge in [-0.15, -0.1) is 24.0 Å². The molecule has 25 heavy (non-hydrogen) atoms. The zero-order chi connectivity index (χ0) is 17.1. The number of ether oxygens (including phenoxy) is 2. The van der Waals surface area contributed by atoms with Crippen LogP contribution in [-0.2, 0) is 14.9 Å². The fraction of sp³-hybridized carbons (Fsp3) is 0.632. The minimum atomic E-state index is 0. The Kier molecular flexibility index (Phi) is 11.1. The minimum Gasteiger partial charge on any atom is -0.382 e. The molecule has 1 aromatic rings. The third kappa shape index (κ3) is 7.11. The van der Waals surface area contributed by atoms with Gasteiger partial charge in [0.05, 0.1) is 19.8 Å². The van der Waals surface area contributed by atoms with Crippen LogP contribution in [0.2, 0.25) is 0 Å². The highest BCUT2D eigenvalue weighted by molar-refractivity contribution is 14.0. The van der Waals surface area contributed by atoms with Crippen molar-refractivity contribution in [3.05, 3.63) is 35.9 Å². The maximum atomic E-state index is 5.47. The van der Waals surface area contributed by atoms with Crippen molar-refractivity contribution < 1.29 is 9.47 Å². The van der Waals surface area contributed by atoms with Crippen LogP contribution in [0.3, 0.4) is 0 Å². The highest BCUT2D eigenvalue weighted by atomic mass is 127. The molecule has 6 heteroatoms. The summed E-state index contributed by atoms with van der Waals surface area (Å²) >= 11 is 0. The molecule has 1 saturated carbocycles. The first-order valence-corrected chi connectivity index (χ1v) is 8.87. The number of halogens is 1. The Morgan fingerprint density at radius 3 is 2.44 bits per heavy atom. The average molecular weight is 461 g/mol. The van der Waals surface area contributed by atoms with E-state index in [9.17, 15) is 0 Å². The van der Waals surface area contributed by atoms with Crippen LogP contribution in [0, 0.1) is 0 Å². The second kappa shape index (κ2) is 12.5. The van der Waals surface area contributed by atoms with Crippen LogP contribution in [0.5, 0.6) is 0 Å². The largest absolute Gasteiger partial charge is 0.382 e. The highest BCUT2D eigenvalue weighted by Gasteiger charge is 2.35. The van der Waals surface area contributed by atoms with Crippen molar-refractivity contribution in [3.63, 3.8) is 0 Å². The molecule has 0 unspecified atom stereocenters. The number of guanidine groups is 1. The van der Waals surface area contributed by atoms with Gasteiger partial charge in [-0.2, -0.15) is 0 Å². The summed E-state index contributed by atoms with van der Waals surface area (Å²) in [6, 6.07) is 10.9. The number of hydrogen-bond donors (Lipinski definition) is 2. The molecule has 5 nitrogen and oxygen atoms in total. The molecule has 0 bridgehead atoms. The summed E-state index contributed by atoms with van der Waals surface area (Å²) in [5.41, 5.74) is 1.67. The lowest BCUT2D eigenvalue weighted by Gasteiger charge is -2.30. The van der Waals surface area contributed by atoms with Crippen LogP contribution in [0.25, 0.3) is 0 Å². The van der Waals surface area contributed by atoms with E-state index in [1.54, 1.807) is 7.11 Å². The lowest BCUT2D eigenvalue weighted by molar-refractivity contribution is 0.0733. The Hall–Kier alpha value is -0.860. The SMILES string of the molecule is CN=C(NCCOCCOC)NCC1(c2ccccc2)CCCC1.I. The quantitative estimate of drug-likeness (QED) is 0.257. The Morgan fingerprint density at radius 2 is 1.80 bits per heavy atom. The molecule has 2 N–H and O–H groups in total. The van der Waals surface area contributed by atoms with E-state index in [1.165, 1.54) is 31.2 Å². The van der Waals surface area contributed by atoms with Crippen molar-refractivity contribution in [1.29, 1.82) is 0 Å². The van der Waals surface area contributed by atoms with Gasteiger partial charge < -0.3 is 20.1 Å². The van der Waals surface area contributed by atoms with Crippen LogP contribution in [0.1, 0.15) is 31.2 Å². The molecule has 0 spiro atoms. The van der Waals surface area contributed by atoms with Crippen molar-refractivity contribution in [3.8, 4) is 0 Å². The van der Waals surface area contributed by atoms with Crippen molar-refractivity contribution in [1.82, 2.24) is 10.6 Å². The topological polar surface area (TPSA) is 54.9 Å². The van der Waals surface area contributed by atoms with Gasteiger partial charge in [-0.3, -0.25) is 4.99 Å². The molecule has 0 aromatic heterocycles. The number of hydrogen-bond acceptors (Lipinski definition) is 3. The monoisotopic (exact) mass is 461 g/mol. The summed E-state index contributed by atoms with van der Waals surface area (Å²) in [7, 11) is 3.49. The average Bonchev–Trinajstić information content (AvgIpc) is 3.11. The fourth-order valence-corrected chi connectivity index (χ4v) is 3.37. The zero-order valence-electron chi connectivity index (χ0n) is 15.4. The first-order chi connectivity index (χ1) is 11.8. The second-order valence-electron chi connectivity index (χ2n) is 6.31. The highest BCUT2D eigenvalue weighted by Crippen LogP contribution is 2.40. The summed E-state index contributed by atoms with van der Waals surface area (Å²) < 4.78 is 10.4. The first kappa shape index (κ1) is 22.2. The molecule has 0 atom stereocenters. The van der Waals surface area contributed by atoms with Crippen molar-refractivity contribution in [2.24, 2.45) is 4.99 Å². The van der Waals surface area contributed by atoms with Gasteiger partial charge in [0.25, 0.3) is 0 Å². The lowest BCUT2D eigenvalue weighted by atomic mass is 9.79. The normalized spacial score (nSPS) is 16.3. The molecule has 1 aromatic carbocycles. The standard InChI is InChI=1S/C19H31N3O2.HI/c1-20-18(21-12-13-24-15-14-23-2)22-16-19(10-6-7-11-19)17-8-4-3-5-9-17;/h3-5,8-9H,6-7,10-16H2,1-2H3,(H2,20,21,22);1H. The van der Waals surface area contributed by atoms with Gasteiger partial charge >= 0.3 is 0 Å². The van der Waals surface area contributed by atoms with Gasteiger partial charge in [-0.25, -0.2) is 0 Å². The van der Waals surface area contributed by atoms with Crippen LogP contribution in [0.4, 0.5) is 0 Å². The van der Waals surface area contributed by atoms with Crippen molar-refractivity contribution in [2.45, 2.75) is 31.1 Å². The summed E-state index contributed by atoms with van der Waals surface area (Å²) in [5.74, 6) is 0.840. The third-order valence-electron chi connectivity index (χ3n) is 4.74. The van der Waals surface area contributed by atoms with Gasteiger partial charge in [0.15, 0.2) is 5.96 Å². The van der Waals surface area contributed by atoms with Gasteiger partial charge in [0, 0.05) is 32.7 Å². The number of methoxy groups -OCH3 is 1. The zero-order valence-corrected chi connectivity index (χ0v) is 17.8. The van der Waals surface area contributed by atoms with Gasteiger partial charge in [-0.1, -0.05) is 43.2 Å². The summed E-state index contributed by atoms with van der Waals surface area (Å²) in [6.07, 6.45) is 5.08. The van der Waals surface area contributed by atoms with Crippen LogP contribution < -0.4 is 10.6 Å². The smallest absolute Gasteiger partial charge is 0.191 e. The summed E-state index contributed by atoms with van der Waals surface area (Å²) in [4.78, 5) is 4.32. The molecule has 0 heterocycles. The third-order valence-corrected chi connectivity index (χ3v) is 4.74.